The van der Waals surface area contributed by atoms with Crippen LogP contribution in [0, 0.1) is 0 Å². The summed E-state index contributed by atoms with van der Waals surface area (Å²) < 4.78 is 8.83. The van der Waals surface area contributed by atoms with Gasteiger partial charge < -0.3 is 20.3 Å². The zero-order valence-electron chi connectivity index (χ0n) is 17.0. The van der Waals surface area contributed by atoms with Gasteiger partial charge in [-0.1, -0.05) is 0 Å². The number of hydrogen-bond acceptors (Lipinski definition) is 6. The fourth-order valence-electron chi connectivity index (χ4n) is 3.39. The smallest absolute Gasteiger partial charge is 0.246 e. The van der Waals surface area contributed by atoms with E-state index in [0.717, 1.165) is 5.56 Å². The van der Waals surface area contributed by atoms with E-state index in [9.17, 15) is 9.59 Å². The van der Waals surface area contributed by atoms with Gasteiger partial charge in [0.2, 0.25) is 11.8 Å². The lowest BCUT2D eigenvalue weighted by molar-refractivity contribution is -0.144. The number of nitrogens with zero attached hydrogens (tertiary/aromatic N) is 5. The first-order valence-corrected chi connectivity index (χ1v) is 9.28. The molecule has 1 saturated heterocycles. The summed E-state index contributed by atoms with van der Waals surface area (Å²) in [5, 5.41) is 14.1. The average molecular weight is 426 g/mol. The molecule has 1 aliphatic heterocycles. The predicted molar refractivity (Wildman–Crippen MR) is 110 cm³/mol. The normalized spacial score (nSPS) is 20.1. The van der Waals surface area contributed by atoms with E-state index in [-0.39, 0.29) is 43.0 Å². The molecule has 2 aromatic heterocycles. The number of anilines is 1. The van der Waals surface area contributed by atoms with Crippen LogP contribution in [0.3, 0.4) is 0 Å². The number of aryl methyl sites for hydroxylation is 1. The van der Waals surface area contributed by atoms with Crippen LogP contribution < -0.4 is 10.6 Å². The lowest BCUT2D eigenvalue weighted by atomic mass is 10.1. The fraction of sp³-hybridized carbons (Fsp3) is 0.556. The molecular weight excluding hydrogens is 398 g/mol. The van der Waals surface area contributed by atoms with Gasteiger partial charge in [0.25, 0.3) is 0 Å². The van der Waals surface area contributed by atoms with Crippen molar-refractivity contribution in [3.8, 4) is 0 Å². The second-order valence-corrected chi connectivity index (χ2v) is 7.14. The first kappa shape index (κ1) is 22.9. The molecule has 0 spiro atoms. The highest BCUT2D eigenvalue weighted by molar-refractivity contribution is 5.95. The largest absolute Gasteiger partial charge is 0.372 e. The monoisotopic (exact) mass is 425 g/mol. The maximum absolute atomic E-state index is 12.6. The summed E-state index contributed by atoms with van der Waals surface area (Å²) in [6, 6.07) is -0.532. The number of aromatic nitrogens is 4. The quantitative estimate of drug-likeness (QED) is 0.701. The summed E-state index contributed by atoms with van der Waals surface area (Å²) in [4.78, 5) is 26.9. The maximum Gasteiger partial charge on any atom is 0.246 e. The van der Waals surface area contributed by atoms with Crippen molar-refractivity contribution < 1.29 is 14.3 Å². The molecule has 0 aromatic carbocycles. The highest BCUT2D eigenvalue weighted by Gasteiger charge is 2.26. The van der Waals surface area contributed by atoms with Crippen LogP contribution >= 0.6 is 12.4 Å². The Morgan fingerprint density at radius 2 is 1.90 bits per heavy atom. The van der Waals surface area contributed by atoms with Gasteiger partial charge in [0.15, 0.2) is 0 Å². The van der Waals surface area contributed by atoms with Crippen LogP contribution in [0.4, 0.5) is 5.69 Å². The molecule has 2 N–H and O–H groups in total. The Morgan fingerprint density at radius 1 is 1.21 bits per heavy atom. The summed E-state index contributed by atoms with van der Waals surface area (Å²) >= 11 is 0. The zero-order chi connectivity index (χ0) is 20.3. The molecule has 3 rings (SSSR count). The molecule has 3 atom stereocenters. The summed E-state index contributed by atoms with van der Waals surface area (Å²) in [5.74, 6) is -0.247. The molecule has 10 nitrogen and oxygen atoms in total. The van der Waals surface area contributed by atoms with Crippen LogP contribution in [-0.2, 0) is 27.9 Å². The molecule has 0 aliphatic carbocycles. The van der Waals surface area contributed by atoms with E-state index < -0.39 is 6.04 Å². The van der Waals surface area contributed by atoms with Crippen LogP contribution in [0.25, 0.3) is 0 Å². The van der Waals surface area contributed by atoms with Crippen molar-refractivity contribution in [1.29, 1.82) is 0 Å². The minimum absolute atomic E-state index is 0. The number of hydrogen-bond donors (Lipinski definition) is 2. The summed E-state index contributed by atoms with van der Waals surface area (Å²) in [6.45, 7) is 5.18. The van der Waals surface area contributed by atoms with Crippen molar-refractivity contribution in [2.24, 2.45) is 7.05 Å². The van der Waals surface area contributed by atoms with Gasteiger partial charge in [-0.25, -0.2) is 0 Å². The lowest BCUT2D eigenvalue weighted by Gasteiger charge is -2.35. The molecule has 29 heavy (non-hydrogen) atoms. The van der Waals surface area contributed by atoms with E-state index in [4.69, 9.17) is 4.74 Å². The molecule has 3 unspecified atom stereocenters. The number of morpholine rings is 1. The minimum Gasteiger partial charge on any atom is -0.372 e. The number of carbonyl (C=O) groups is 2. The summed E-state index contributed by atoms with van der Waals surface area (Å²) in [6.07, 6.45) is 6.66. The maximum atomic E-state index is 12.6. The van der Waals surface area contributed by atoms with Crippen molar-refractivity contribution >= 4 is 29.9 Å². The molecule has 1 aliphatic rings. The molecule has 3 heterocycles. The Labute approximate surface area is 176 Å². The van der Waals surface area contributed by atoms with E-state index in [1.165, 1.54) is 10.9 Å². The van der Waals surface area contributed by atoms with E-state index in [2.05, 4.69) is 20.8 Å². The van der Waals surface area contributed by atoms with Gasteiger partial charge in [0.05, 0.1) is 30.3 Å². The average Bonchev–Trinajstić information content (AvgIpc) is 3.24. The Kier molecular flexibility index (Phi) is 7.77. The molecule has 2 amide bonds. The van der Waals surface area contributed by atoms with Gasteiger partial charge in [0, 0.05) is 38.1 Å². The first-order chi connectivity index (χ1) is 13.4. The highest BCUT2D eigenvalue weighted by Crippen LogP contribution is 2.15. The Morgan fingerprint density at radius 3 is 2.48 bits per heavy atom. The number of amides is 2. The van der Waals surface area contributed by atoms with Crippen molar-refractivity contribution in [1.82, 2.24) is 29.8 Å². The number of likely N-dealkylation sites (N-methyl/N-ethyl adjacent to an activating group) is 1. The molecule has 0 radical (unpaired) electrons. The predicted octanol–water partition coefficient (Wildman–Crippen LogP) is 0.573. The van der Waals surface area contributed by atoms with Crippen molar-refractivity contribution in [2.45, 2.75) is 38.6 Å². The molecule has 1 fully saturated rings. The minimum atomic E-state index is -0.532. The van der Waals surface area contributed by atoms with Crippen molar-refractivity contribution in [2.75, 3.05) is 25.5 Å². The van der Waals surface area contributed by atoms with Crippen LogP contribution in [0.5, 0.6) is 0 Å². The zero-order valence-corrected chi connectivity index (χ0v) is 17.8. The molecular formula is C18H28ClN7O3. The van der Waals surface area contributed by atoms with Gasteiger partial charge in [-0.05, 0) is 20.9 Å². The van der Waals surface area contributed by atoms with Gasteiger partial charge in [0.1, 0.15) is 12.6 Å². The van der Waals surface area contributed by atoms with Crippen LogP contribution in [0.1, 0.15) is 25.5 Å². The van der Waals surface area contributed by atoms with Gasteiger partial charge in [-0.2, -0.15) is 10.2 Å². The Hall–Kier alpha value is -2.43. The van der Waals surface area contributed by atoms with E-state index in [0.29, 0.717) is 18.8 Å². The van der Waals surface area contributed by atoms with Crippen LogP contribution in [0.15, 0.2) is 24.8 Å². The van der Waals surface area contributed by atoms with E-state index in [1.807, 2.05) is 13.8 Å². The Balaban J connectivity index is 0.00000300. The first-order valence-electron chi connectivity index (χ1n) is 9.28. The third kappa shape index (κ3) is 5.78. The molecule has 0 bridgehead atoms. The van der Waals surface area contributed by atoms with Crippen molar-refractivity contribution in [3.63, 3.8) is 0 Å². The molecule has 11 heteroatoms. The molecule has 2 aromatic rings. The highest BCUT2D eigenvalue weighted by atomic mass is 35.5. The number of nitrogens with one attached hydrogen (secondary N) is 2. The molecule has 0 saturated carbocycles. The molecule has 160 valence electrons. The standard InChI is InChI=1S/C18H27N7O3.ClH/c1-12-7-24(8-13(2)28-12)16(26)11-25-10-15(6-21-25)22-18(27)17(19-3)14-5-20-23(4)9-14;/h5-6,9-10,12-13,17,19H,7-8,11H2,1-4H3,(H,22,27);1H. The second-order valence-electron chi connectivity index (χ2n) is 7.14. The van der Waals surface area contributed by atoms with Gasteiger partial charge in [-0.15, -0.1) is 12.4 Å². The van der Waals surface area contributed by atoms with Crippen LogP contribution in [-0.4, -0.2) is 68.6 Å². The Bertz CT molecular complexity index is 827. The van der Waals surface area contributed by atoms with Crippen molar-refractivity contribution in [3.05, 3.63) is 30.4 Å². The third-order valence-corrected chi connectivity index (χ3v) is 4.58. The number of ether oxygens (including phenoxy) is 1. The van der Waals surface area contributed by atoms with Crippen LogP contribution in [0.2, 0.25) is 0 Å². The van der Waals surface area contributed by atoms with E-state index >= 15 is 0 Å². The number of rotatable bonds is 6. The lowest BCUT2D eigenvalue weighted by Crippen LogP contribution is -2.49. The number of carbonyl (C=O) groups excluding carboxylic acids is 2. The number of halogens is 1. The SMILES string of the molecule is CNC(C(=O)Nc1cnn(CC(=O)N2CC(C)OC(C)C2)c1)c1cnn(C)c1.Cl. The van der Waals surface area contributed by atoms with E-state index in [1.54, 1.807) is 42.3 Å². The third-order valence-electron chi connectivity index (χ3n) is 4.58. The topological polar surface area (TPSA) is 106 Å². The van der Waals surface area contributed by atoms with Gasteiger partial charge in [-0.3, -0.25) is 19.0 Å². The summed E-state index contributed by atoms with van der Waals surface area (Å²) in [5.41, 5.74) is 1.30. The second kappa shape index (κ2) is 9.86. The summed E-state index contributed by atoms with van der Waals surface area (Å²) in [7, 11) is 3.51. The fourth-order valence-corrected chi connectivity index (χ4v) is 3.39. The van der Waals surface area contributed by atoms with Gasteiger partial charge >= 0.3 is 0 Å².